The molecule has 0 saturated carbocycles. The number of esters is 3. The first-order valence-electron chi connectivity index (χ1n) is 45.4. The maximum absolute atomic E-state index is 13.0. The SMILES string of the molecule is CC/C=C\C/C=C\C/C=C\C/C=C\C/C=C\CCCCCCCCCCCCCCCCCCCC(=O)OCC(O)COP(=O)(O)OCC(O)COP(=O)(O)OCC(COC(=O)CCCCCCCCCCCCC/C=C\C/C=C\C/C=C\C/C=C\C/C=C\CC)OC(=O)CCCCCCCC/C=C\C/C=C\C/C=C\C/C=C\CC. The van der Waals surface area contributed by atoms with Crippen molar-refractivity contribution in [3.63, 3.8) is 0 Å². The lowest BCUT2D eigenvalue weighted by molar-refractivity contribution is -0.161. The molecule has 0 amide bonds. The van der Waals surface area contributed by atoms with Crippen LogP contribution in [0.15, 0.2) is 170 Å². The number of hydrogen-bond donors (Lipinski definition) is 4. The van der Waals surface area contributed by atoms with Crippen LogP contribution in [0.1, 0.15) is 367 Å². The fourth-order valence-electron chi connectivity index (χ4n) is 12.1. The summed E-state index contributed by atoms with van der Waals surface area (Å²) in [6.45, 7) is 2.36. The molecular weight excluding hydrogens is 1480 g/mol. The molecule has 0 heterocycles. The molecule has 5 atom stereocenters. The number of aliphatic hydroxyl groups excluding tert-OH is 2. The number of ether oxygens (including phenoxy) is 3. The van der Waals surface area contributed by atoms with Gasteiger partial charge in [-0.25, -0.2) is 9.13 Å². The molecule has 115 heavy (non-hydrogen) atoms. The minimum atomic E-state index is -4.95. The van der Waals surface area contributed by atoms with Gasteiger partial charge < -0.3 is 34.2 Å². The van der Waals surface area contributed by atoms with Gasteiger partial charge in [0, 0.05) is 19.3 Å². The second-order valence-corrected chi connectivity index (χ2v) is 32.9. The van der Waals surface area contributed by atoms with Gasteiger partial charge in [-0.3, -0.25) is 32.5 Å². The Balaban J connectivity index is 4.54. The zero-order valence-electron chi connectivity index (χ0n) is 72.4. The fourth-order valence-corrected chi connectivity index (χ4v) is 13.7. The third-order valence-electron chi connectivity index (χ3n) is 18.9. The summed E-state index contributed by atoms with van der Waals surface area (Å²) >= 11 is 0. The van der Waals surface area contributed by atoms with Gasteiger partial charge in [-0.05, 0) is 148 Å². The number of phosphoric ester groups is 2. The van der Waals surface area contributed by atoms with Gasteiger partial charge >= 0.3 is 33.6 Å². The van der Waals surface area contributed by atoms with Gasteiger partial charge in [-0.15, -0.1) is 0 Å². The molecule has 0 spiro atoms. The minimum Gasteiger partial charge on any atom is -0.463 e. The van der Waals surface area contributed by atoms with E-state index in [2.05, 4.69) is 191 Å². The molecule has 0 aliphatic carbocycles. The van der Waals surface area contributed by atoms with Crippen molar-refractivity contribution in [3.05, 3.63) is 170 Å². The number of phosphoric acid groups is 2. The Labute approximate surface area is 701 Å². The first-order valence-corrected chi connectivity index (χ1v) is 48.4. The molecule has 0 fully saturated rings. The normalized spacial score (nSPS) is 14.6. The molecule has 0 aliphatic heterocycles. The summed E-state index contributed by atoms with van der Waals surface area (Å²) < 4.78 is 61.4. The molecule has 0 aromatic rings. The Morgan fingerprint density at radius 3 is 0.687 bits per heavy atom. The van der Waals surface area contributed by atoms with Crippen LogP contribution < -0.4 is 0 Å². The quantitative estimate of drug-likeness (QED) is 0.0146. The topological polar surface area (TPSA) is 231 Å². The van der Waals surface area contributed by atoms with Crippen molar-refractivity contribution in [2.75, 3.05) is 39.6 Å². The maximum atomic E-state index is 13.0. The number of allylic oxidation sites excluding steroid dienone is 28. The number of aliphatic hydroxyl groups is 2. The van der Waals surface area contributed by atoms with E-state index in [0.717, 1.165) is 180 Å². The number of unbranched alkanes of at least 4 members (excludes halogenated alkanes) is 34. The van der Waals surface area contributed by atoms with E-state index < -0.39 is 91.5 Å². The zero-order chi connectivity index (χ0) is 83.6. The van der Waals surface area contributed by atoms with Crippen LogP contribution in [-0.2, 0) is 55.8 Å². The second kappa shape index (κ2) is 88.2. The Hall–Kier alpha value is -5.09. The average Bonchev–Trinajstić information content (AvgIpc) is 0.902. The predicted octanol–water partition coefficient (Wildman–Crippen LogP) is 27.9. The highest BCUT2D eigenvalue weighted by molar-refractivity contribution is 7.47. The summed E-state index contributed by atoms with van der Waals surface area (Å²) in [5.41, 5.74) is 0. The number of hydrogen-bond acceptors (Lipinski definition) is 14. The highest BCUT2D eigenvalue weighted by atomic mass is 31.2. The lowest BCUT2D eigenvalue weighted by Crippen LogP contribution is -2.30. The van der Waals surface area contributed by atoms with Crippen molar-refractivity contribution in [1.29, 1.82) is 0 Å². The van der Waals surface area contributed by atoms with Crippen molar-refractivity contribution in [3.8, 4) is 0 Å². The Morgan fingerprint density at radius 1 is 0.243 bits per heavy atom. The van der Waals surface area contributed by atoms with E-state index >= 15 is 0 Å². The van der Waals surface area contributed by atoms with E-state index in [0.29, 0.717) is 19.3 Å². The first kappa shape index (κ1) is 110. The molecule has 0 radical (unpaired) electrons. The molecule has 0 rings (SSSR count). The number of rotatable bonds is 85. The predicted molar refractivity (Wildman–Crippen MR) is 482 cm³/mol. The highest BCUT2D eigenvalue weighted by Gasteiger charge is 2.29. The smallest absolute Gasteiger partial charge is 0.463 e. The number of carbonyl (C=O) groups is 3. The third kappa shape index (κ3) is 89.5. The first-order chi connectivity index (χ1) is 56.2. The van der Waals surface area contributed by atoms with Crippen molar-refractivity contribution >= 4 is 33.6 Å². The molecule has 0 bridgehead atoms. The van der Waals surface area contributed by atoms with Gasteiger partial charge in [0.15, 0.2) is 6.10 Å². The summed E-state index contributed by atoms with van der Waals surface area (Å²) in [5, 5.41) is 20.7. The molecule has 0 aromatic carbocycles. The molecule has 18 heteroatoms. The molecule has 658 valence electrons. The minimum absolute atomic E-state index is 0.0838. The van der Waals surface area contributed by atoms with Gasteiger partial charge in [-0.1, -0.05) is 371 Å². The average molecular weight is 1650 g/mol. The molecule has 0 aliphatic rings. The summed E-state index contributed by atoms with van der Waals surface area (Å²) in [4.78, 5) is 59.0. The molecular formula is C97H164O16P2. The van der Waals surface area contributed by atoms with Gasteiger partial charge in [0.25, 0.3) is 0 Å². The molecule has 0 aromatic heterocycles. The Kier molecular flexibility index (Phi) is 84.3. The lowest BCUT2D eigenvalue weighted by Gasteiger charge is -2.21. The largest absolute Gasteiger partial charge is 0.472 e. The Bertz CT molecular complexity index is 2770. The van der Waals surface area contributed by atoms with Gasteiger partial charge in [0.1, 0.15) is 25.4 Å². The van der Waals surface area contributed by atoms with Crippen LogP contribution >= 0.6 is 15.6 Å². The van der Waals surface area contributed by atoms with E-state index in [1.54, 1.807) is 0 Å². The van der Waals surface area contributed by atoms with E-state index in [4.69, 9.17) is 32.3 Å². The van der Waals surface area contributed by atoms with Crippen molar-refractivity contribution in [1.82, 2.24) is 0 Å². The fraction of sp³-hybridized carbons (Fsp3) is 0.680. The van der Waals surface area contributed by atoms with E-state index in [1.807, 2.05) is 0 Å². The summed E-state index contributed by atoms with van der Waals surface area (Å²) in [6, 6.07) is 0. The van der Waals surface area contributed by atoms with Crippen molar-refractivity contribution < 1.29 is 75.8 Å². The van der Waals surface area contributed by atoms with Crippen molar-refractivity contribution in [2.45, 2.75) is 386 Å². The van der Waals surface area contributed by atoms with E-state index in [9.17, 15) is 43.5 Å². The lowest BCUT2D eigenvalue weighted by atomic mass is 10.0. The summed E-state index contributed by atoms with van der Waals surface area (Å²) in [7, 11) is -9.81. The number of carbonyl (C=O) groups excluding carboxylic acids is 3. The van der Waals surface area contributed by atoms with Crippen LogP contribution in [-0.4, -0.2) is 95.9 Å². The van der Waals surface area contributed by atoms with Crippen LogP contribution in [0, 0.1) is 0 Å². The summed E-state index contributed by atoms with van der Waals surface area (Å²) in [5.74, 6) is -1.59. The van der Waals surface area contributed by atoms with Crippen LogP contribution in [0.2, 0.25) is 0 Å². The standard InChI is InChI=1S/C97H164O16P2/c1-4-7-10-13-16-19-22-25-28-31-34-36-38-40-42-43-44-45-46-47-49-51-52-54-57-59-62-65-68-71-74-77-80-83-95(100)107-86-92(98)87-109-114(103,104)110-88-93(99)89-111-115(105,106)112-91-94(113-97(102)85-82-79-76-73-70-67-64-61-56-33-30-27-24-21-18-15-12-9-6-3)90-108-96(101)84-81-78-75-72-69-66-63-60-58-55-53-50-48-41-39-37-35-32-29-26-23-20-17-14-11-8-5-2/h7-12,16-21,25-30,34-37,40-42,48,56,61,92-94,98-99H,4-6,13-15,22-24,31-33,38-39,43-47,49-55,57-60,62-91H2,1-3H3,(H,103,104)(H,105,106)/b10-7-,11-8-,12-9-,19-16-,20-17-,21-18-,28-25-,29-26-,30-27-,36-34-,37-35-,42-40-,48-41-,61-56-. The van der Waals surface area contributed by atoms with Crippen LogP contribution in [0.3, 0.4) is 0 Å². The molecule has 16 nitrogen and oxygen atoms in total. The molecule has 0 saturated heterocycles. The highest BCUT2D eigenvalue weighted by Crippen LogP contribution is 2.45. The third-order valence-corrected chi connectivity index (χ3v) is 20.8. The van der Waals surface area contributed by atoms with Gasteiger partial charge in [0.2, 0.25) is 0 Å². The van der Waals surface area contributed by atoms with E-state index in [1.165, 1.54) is 128 Å². The molecule has 4 N–H and O–H groups in total. The summed E-state index contributed by atoms with van der Waals surface area (Å²) in [6.07, 6.45) is 114. The zero-order valence-corrected chi connectivity index (χ0v) is 74.2. The van der Waals surface area contributed by atoms with Crippen LogP contribution in [0.4, 0.5) is 0 Å². The van der Waals surface area contributed by atoms with Gasteiger partial charge in [-0.2, -0.15) is 0 Å². The van der Waals surface area contributed by atoms with Crippen molar-refractivity contribution in [2.24, 2.45) is 0 Å². The van der Waals surface area contributed by atoms with Gasteiger partial charge in [0.05, 0.1) is 26.4 Å². The molecule has 5 unspecified atom stereocenters. The van der Waals surface area contributed by atoms with E-state index in [-0.39, 0.29) is 19.3 Å². The maximum Gasteiger partial charge on any atom is 0.472 e. The monoisotopic (exact) mass is 1650 g/mol. The second-order valence-electron chi connectivity index (χ2n) is 30.0. The van der Waals surface area contributed by atoms with Crippen LogP contribution in [0.25, 0.3) is 0 Å². The Morgan fingerprint density at radius 2 is 0.435 bits per heavy atom. The van der Waals surface area contributed by atoms with Crippen LogP contribution in [0.5, 0.6) is 0 Å².